The van der Waals surface area contributed by atoms with Crippen LogP contribution >= 0.6 is 15.9 Å². The highest BCUT2D eigenvalue weighted by atomic mass is 79.9. The summed E-state index contributed by atoms with van der Waals surface area (Å²) in [5.74, 6) is 0. The number of benzene rings is 1. The quantitative estimate of drug-likeness (QED) is 0.679. The summed E-state index contributed by atoms with van der Waals surface area (Å²) >= 11 is 3.32. The number of hydrogen-bond acceptors (Lipinski definition) is 2. The summed E-state index contributed by atoms with van der Waals surface area (Å²) in [5.41, 5.74) is 1.07. The van der Waals surface area contributed by atoms with Crippen LogP contribution in [0.5, 0.6) is 0 Å². The monoisotopic (exact) mass is 278 g/mol. The normalized spacial score (nSPS) is 11.6. The number of rotatable bonds is 4. The Hall–Kier alpha value is -0.390. The van der Waals surface area contributed by atoms with Crippen molar-refractivity contribution >= 4 is 26.0 Å². The number of aryl methyl sites for hydroxylation is 1. The van der Waals surface area contributed by atoms with Crippen LogP contribution in [-0.2, 0) is 16.5 Å². The van der Waals surface area contributed by atoms with Crippen molar-refractivity contribution in [3.05, 3.63) is 29.8 Å². The van der Waals surface area contributed by atoms with Crippen LogP contribution in [-0.4, -0.2) is 18.3 Å². The van der Waals surface area contributed by atoms with Gasteiger partial charge in [0.1, 0.15) is 0 Å². The van der Waals surface area contributed by atoms with Crippen molar-refractivity contribution in [2.45, 2.75) is 17.7 Å². The Labute approximate surface area is 92.0 Å². The Kier molecular flexibility index (Phi) is 4.10. The van der Waals surface area contributed by atoms with E-state index in [9.17, 15) is 8.42 Å². The zero-order valence-electron chi connectivity index (χ0n) is 7.48. The summed E-state index contributed by atoms with van der Waals surface area (Å²) < 4.78 is 30.1. The first-order valence-corrected chi connectivity index (χ1v) is 6.72. The maximum absolute atomic E-state index is 10.7. The van der Waals surface area contributed by atoms with Crippen molar-refractivity contribution in [1.82, 2.24) is 0 Å². The molecule has 0 aliphatic rings. The fourth-order valence-corrected chi connectivity index (χ4v) is 1.86. The third-order valence-corrected chi connectivity index (χ3v) is 3.25. The van der Waals surface area contributed by atoms with Crippen LogP contribution in [0.15, 0.2) is 29.2 Å². The Bertz CT molecular complexity index is 383. The molecule has 0 unspecified atom stereocenters. The van der Waals surface area contributed by atoms with Gasteiger partial charge in [-0.2, -0.15) is 8.42 Å². The van der Waals surface area contributed by atoms with Gasteiger partial charge in [0.25, 0.3) is 10.1 Å². The van der Waals surface area contributed by atoms with Gasteiger partial charge in [0.2, 0.25) is 0 Å². The highest BCUT2D eigenvalue weighted by Crippen LogP contribution is 2.11. The van der Waals surface area contributed by atoms with Gasteiger partial charge in [-0.25, -0.2) is 0 Å². The summed E-state index contributed by atoms with van der Waals surface area (Å²) in [4.78, 5) is -0.0555. The van der Waals surface area contributed by atoms with E-state index in [-0.39, 0.29) is 4.90 Å². The largest absolute Gasteiger partial charge is 0.294 e. The van der Waals surface area contributed by atoms with Crippen LogP contribution in [0.1, 0.15) is 12.0 Å². The van der Waals surface area contributed by atoms with Crippen LogP contribution in [0.3, 0.4) is 0 Å². The minimum absolute atomic E-state index is 0.0555. The average Bonchev–Trinajstić information content (AvgIpc) is 2.14. The first-order chi connectivity index (χ1) is 6.54. The van der Waals surface area contributed by atoms with Gasteiger partial charge >= 0.3 is 0 Å². The molecule has 0 saturated heterocycles. The lowest BCUT2D eigenvalue weighted by Gasteiger charge is -2.00. The molecule has 0 spiro atoms. The Morgan fingerprint density at radius 2 is 1.79 bits per heavy atom. The molecule has 1 N–H and O–H groups in total. The van der Waals surface area contributed by atoms with Crippen molar-refractivity contribution in [2.24, 2.45) is 0 Å². The van der Waals surface area contributed by atoms with Crippen molar-refractivity contribution < 1.29 is 13.0 Å². The molecule has 1 aromatic rings. The smallest absolute Gasteiger partial charge is 0.282 e. The molecule has 1 aromatic carbocycles. The topological polar surface area (TPSA) is 54.4 Å². The molecule has 5 heteroatoms. The second-order valence-electron chi connectivity index (χ2n) is 2.91. The van der Waals surface area contributed by atoms with E-state index in [2.05, 4.69) is 15.9 Å². The van der Waals surface area contributed by atoms with E-state index >= 15 is 0 Å². The van der Waals surface area contributed by atoms with Gasteiger partial charge in [0.15, 0.2) is 0 Å². The number of hydrogen-bond donors (Lipinski definition) is 1. The fraction of sp³-hybridized carbons (Fsp3) is 0.333. The van der Waals surface area contributed by atoms with Gasteiger partial charge < -0.3 is 0 Å². The highest BCUT2D eigenvalue weighted by Gasteiger charge is 2.07. The van der Waals surface area contributed by atoms with Gasteiger partial charge in [-0.1, -0.05) is 28.1 Å². The van der Waals surface area contributed by atoms with E-state index in [1.54, 1.807) is 12.1 Å². The predicted molar refractivity (Wildman–Crippen MR) is 58.4 cm³/mol. The predicted octanol–water partition coefficient (Wildman–Crippen LogP) is 2.26. The van der Waals surface area contributed by atoms with E-state index in [0.29, 0.717) is 0 Å². The molecule has 0 atom stereocenters. The van der Waals surface area contributed by atoms with Crippen molar-refractivity contribution in [3.8, 4) is 0 Å². The van der Waals surface area contributed by atoms with Gasteiger partial charge in [-0.15, -0.1) is 0 Å². The maximum atomic E-state index is 10.7. The van der Waals surface area contributed by atoms with Crippen molar-refractivity contribution in [3.63, 3.8) is 0 Å². The summed E-state index contributed by atoms with van der Waals surface area (Å²) in [6.07, 6.45) is 1.90. The average molecular weight is 279 g/mol. The number of halogens is 1. The van der Waals surface area contributed by atoms with Crippen molar-refractivity contribution in [1.29, 1.82) is 0 Å². The second-order valence-corrected chi connectivity index (χ2v) is 5.13. The van der Waals surface area contributed by atoms with Gasteiger partial charge in [-0.3, -0.25) is 4.55 Å². The van der Waals surface area contributed by atoms with Crippen LogP contribution in [0.2, 0.25) is 0 Å². The van der Waals surface area contributed by atoms with E-state index in [1.807, 2.05) is 0 Å². The molecule has 3 nitrogen and oxygen atoms in total. The molecule has 14 heavy (non-hydrogen) atoms. The van der Waals surface area contributed by atoms with Gasteiger partial charge in [-0.05, 0) is 30.5 Å². The Morgan fingerprint density at radius 1 is 1.21 bits per heavy atom. The molecule has 78 valence electrons. The van der Waals surface area contributed by atoms with E-state index in [1.165, 1.54) is 12.1 Å². The zero-order chi connectivity index (χ0) is 10.6. The summed E-state index contributed by atoms with van der Waals surface area (Å²) in [6, 6.07) is 6.26. The fourth-order valence-electron chi connectivity index (χ4n) is 1.10. The standard InChI is InChI=1S/C9H11BrO3S/c10-7-1-2-8-3-5-9(6-4-8)14(11,12)13/h3-6H,1-2,7H2,(H,11,12,13). The van der Waals surface area contributed by atoms with Crippen LogP contribution in [0.25, 0.3) is 0 Å². The molecular weight excluding hydrogens is 268 g/mol. The molecule has 0 saturated carbocycles. The van der Waals surface area contributed by atoms with Gasteiger partial charge in [0.05, 0.1) is 4.90 Å². The lowest BCUT2D eigenvalue weighted by molar-refractivity contribution is 0.483. The molecule has 0 aliphatic heterocycles. The summed E-state index contributed by atoms with van der Waals surface area (Å²) in [7, 11) is -4.05. The molecule has 0 amide bonds. The molecule has 0 heterocycles. The minimum Gasteiger partial charge on any atom is -0.282 e. The first kappa shape index (κ1) is 11.7. The maximum Gasteiger partial charge on any atom is 0.294 e. The Balaban J connectivity index is 2.79. The van der Waals surface area contributed by atoms with E-state index < -0.39 is 10.1 Å². The SMILES string of the molecule is O=S(=O)(O)c1ccc(CCCBr)cc1. The third-order valence-electron chi connectivity index (χ3n) is 1.82. The molecular formula is C9H11BrO3S. The molecule has 1 rings (SSSR count). The van der Waals surface area contributed by atoms with Crippen LogP contribution in [0, 0.1) is 0 Å². The van der Waals surface area contributed by atoms with Crippen LogP contribution < -0.4 is 0 Å². The third kappa shape index (κ3) is 3.40. The molecule has 0 aromatic heterocycles. The molecule has 0 radical (unpaired) electrons. The molecule has 0 aliphatic carbocycles. The van der Waals surface area contributed by atoms with Crippen LogP contribution in [0.4, 0.5) is 0 Å². The first-order valence-electron chi connectivity index (χ1n) is 4.16. The highest BCUT2D eigenvalue weighted by molar-refractivity contribution is 9.09. The molecule has 0 bridgehead atoms. The van der Waals surface area contributed by atoms with Gasteiger partial charge in [0, 0.05) is 5.33 Å². The lowest BCUT2D eigenvalue weighted by Crippen LogP contribution is -1.98. The molecule has 0 fully saturated rings. The summed E-state index contributed by atoms with van der Waals surface area (Å²) in [5, 5.41) is 0.924. The second kappa shape index (κ2) is 4.91. The minimum atomic E-state index is -4.05. The van der Waals surface area contributed by atoms with E-state index in [0.717, 1.165) is 23.7 Å². The summed E-state index contributed by atoms with van der Waals surface area (Å²) in [6.45, 7) is 0. The van der Waals surface area contributed by atoms with Crippen molar-refractivity contribution in [2.75, 3.05) is 5.33 Å². The van der Waals surface area contributed by atoms with E-state index in [4.69, 9.17) is 4.55 Å². The zero-order valence-corrected chi connectivity index (χ0v) is 9.88. The lowest BCUT2D eigenvalue weighted by atomic mass is 10.1. The Morgan fingerprint density at radius 3 is 2.21 bits per heavy atom. The number of alkyl halides is 1.